The van der Waals surface area contributed by atoms with Crippen molar-refractivity contribution in [1.82, 2.24) is 0 Å². The number of carbonyl (C=O) groups excluding carboxylic acids is 2. The number of ether oxygens (including phenoxy) is 8. The Labute approximate surface area is 477 Å². The van der Waals surface area contributed by atoms with Gasteiger partial charge in [0.05, 0.1) is 44.1 Å². The Bertz CT molecular complexity index is 2430. The zero-order valence-corrected chi connectivity index (χ0v) is 48.5. The standard InChI is InChI=1S/C58H90O24/c1-11-25(3)48(73)81-45-46(82-49(74)26(4)12-2)58(24-62)28(19-53(45,5)6)27-13-14-32-54(7)17-16-34(55(8,23-61)31(54)15-18-56(32,9)57(27,10)20-33(58)63)77-52-43(79-51-40(69)38(67)36(65)30(22-60)76-51)41(70)42(44(80-52)47(71)72)78-50-39(68)37(66)35(64)29(21-59)75-50/h11-13,28-46,50-52,59-70H,14-24H2,1-10H3,(H,71,72)/b25-11+,26-12?/t28-,29+,30+,31+,32+,33+,34-,35+,36+,37-,38-,39+,40+,41-,42-,43+,44-,45-,46-,50-,51-,52+,54-,55+,56+,57+,58-/m0/s1. The topological polar surface area (TPSA) is 388 Å². The number of aliphatic hydroxyl groups excluding tert-OH is 12. The average Bonchev–Trinajstić information content (AvgIpc) is 1.78. The van der Waals surface area contributed by atoms with Crippen LogP contribution in [0, 0.1) is 50.2 Å². The molecule has 24 nitrogen and oxygen atoms in total. The van der Waals surface area contributed by atoms with Crippen LogP contribution in [-0.4, -0.2) is 227 Å². The first kappa shape index (κ1) is 64.9. The third kappa shape index (κ3) is 10.4. The maximum Gasteiger partial charge on any atom is 0.335 e. The second-order valence-corrected chi connectivity index (χ2v) is 26.3. The third-order valence-electron chi connectivity index (χ3n) is 21.7. The maximum atomic E-state index is 13.8. The lowest BCUT2D eigenvalue weighted by Crippen LogP contribution is -2.72. The van der Waals surface area contributed by atoms with Crippen molar-refractivity contribution in [3.63, 3.8) is 0 Å². The summed E-state index contributed by atoms with van der Waals surface area (Å²) < 4.78 is 48.6. The highest BCUT2D eigenvalue weighted by atomic mass is 16.8. The van der Waals surface area contributed by atoms with E-state index in [9.17, 15) is 80.8 Å². The van der Waals surface area contributed by atoms with Crippen LogP contribution in [0.15, 0.2) is 34.9 Å². The number of allylic oxidation sites excluding steroid dienone is 4. The maximum absolute atomic E-state index is 13.8. The van der Waals surface area contributed by atoms with Gasteiger partial charge >= 0.3 is 17.9 Å². The van der Waals surface area contributed by atoms with Gasteiger partial charge in [-0.05, 0) is 107 Å². The molecule has 4 saturated carbocycles. The first-order valence-electron chi connectivity index (χ1n) is 28.8. The van der Waals surface area contributed by atoms with Gasteiger partial charge in [0.2, 0.25) is 0 Å². The lowest BCUT2D eigenvalue weighted by Gasteiger charge is -2.72. The zero-order chi connectivity index (χ0) is 60.7. The normalized spacial score (nSPS) is 49.5. The fourth-order valence-electron chi connectivity index (χ4n) is 16.4. The molecule has 0 bridgehead atoms. The fourth-order valence-corrected chi connectivity index (χ4v) is 16.4. The summed E-state index contributed by atoms with van der Waals surface area (Å²) in [5.41, 5.74) is -3.63. The highest BCUT2D eigenvalue weighted by Crippen LogP contribution is 2.76. The summed E-state index contributed by atoms with van der Waals surface area (Å²) in [5, 5.41) is 144. The molecule has 0 aromatic heterocycles. The minimum atomic E-state index is -2.18. The molecule has 0 aromatic rings. The molecule has 27 atom stereocenters. The number of carbonyl (C=O) groups is 3. The summed E-state index contributed by atoms with van der Waals surface area (Å²) in [5.74, 6) is -3.95. The highest BCUT2D eigenvalue weighted by molar-refractivity contribution is 5.89. The molecule has 7 fully saturated rings. The minimum absolute atomic E-state index is 0.0973. The van der Waals surface area contributed by atoms with Crippen molar-refractivity contribution < 1.29 is 119 Å². The molecule has 3 heterocycles. The van der Waals surface area contributed by atoms with E-state index in [2.05, 4.69) is 26.8 Å². The zero-order valence-electron chi connectivity index (χ0n) is 48.5. The van der Waals surface area contributed by atoms with Crippen LogP contribution in [0.25, 0.3) is 0 Å². The van der Waals surface area contributed by atoms with E-state index in [0.29, 0.717) is 43.3 Å². The van der Waals surface area contributed by atoms with Gasteiger partial charge in [0, 0.05) is 22.0 Å². The number of rotatable bonds is 15. The molecule has 24 heteroatoms. The van der Waals surface area contributed by atoms with E-state index in [-0.39, 0.29) is 24.7 Å². The van der Waals surface area contributed by atoms with E-state index in [0.717, 1.165) is 5.57 Å². The van der Waals surface area contributed by atoms with Crippen LogP contribution in [0.1, 0.15) is 114 Å². The summed E-state index contributed by atoms with van der Waals surface area (Å²) in [6.45, 7) is 16.2. The molecular weight excluding hydrogens is 1080 g/mol. The molecule has 3 saturated heterocycles. The number of hydrogen-bond donors (Lipinski definition) is 13. The average molecular weight is 1170 g/mol. The van der Waals surface area contributed by atoms with Crippen LogP contribution in [0.3, 0.4) is 0 Å². The molecule has 5 aliphatic carbocycles. The van der Waals surface area contributed by atoms with Crippen LogP contribution in [0.5, 0.6) is 0 Å². The molecule has 3 aliphatic heterocycles. The number of fused-ring (bicyclic) bond motifs is 7. The Kier molecular flexibility index (Phi) is 18.9. The van der Waals surface area contributed by atoms with Crippen molar-refractivity contribution in [2.75, 3.05) is 26.4 Å². The second kappa shape index (κ2) is 23.9. The molecule has 0 unspecified atom stereocenters. The Morgan fingerprint density at radius 2 is 1.16 bits per heavy atom. The first-order valence-corrected chi connectivity index (χ1v) is 28.8. The van der Waals surface area contributed by atoms with E-state index >= 15 is 0 Å². The molecular formula is C58H90O24. The molecule has 466 valence electrons. The van der Waals surface area contributed by atoms with Gasteiger partial charge in [-0.3, -0.25) is 0 Å². The number of aliphatic carboxylic acids is 1. The fraction of sp³-hybridized carbons (Fsp3) is 0.845. The molecule has 8 rings (SSSR count). The van der Waals surface area contributed by atoms with E-state index in [1.807, 2.05) is 20.8 Å². The predicted octanol–water partition coefficient (Wildman–Crippen LogP) is -0.375. The van der Waals surface area contributed by atoms with Crippen molar-refractivity contribution in [2.24, 2.45) is 50.2 Å². The quantitative estimate of drug-likeness (QED) is 0.0430. The van der Waals surface area contributed by atoms with Gasteiger partial charge in [0.15, 0.2) is 31.1 Å². The number of hydrogen-bond acceptors (Lipinski definition) is 23. The van der Waals surface area contributed by atoms with Gasteiger partial charge in [-0.25, -0.2) is 14.4 Å². The van der Waals surface area contributed by atoms with Crippen molar-refractivity contribution in [2.45, 2.75) is 231 Å². The molecule has 0 radical (unpaired) electrons. The van der Waals surface area contributed by atoms with Crippen LogP contribution >= 0.6 is 0 Å². The summed E-state index contributed by atoms with van der Waals surface area (Å²) in [4.78, 5) is 40.6. The molecule has 13 N–H and O–H groups in total. The predicted molar refractivity (Wildman–Crippen MR) is 283 cm³/mol. The summed E-state index contributed by atoms with van der Waals surface area (Å²) in [6.07, 6.45) is -25.1. The smallest absolute Gasteiger partial charge is 0.335 e. The lowest BCUT2D eigenvalue weighted by molar-refractivity contribution is -0.392. The molecule has 0 spiro atoms. The number of esters is 2. The van der Waals surface area contributed by atoms with Crippen LogP contribution in [-0.2, 0) is 52.3 Å². The third-order valence-corrected chi connectivity index (χ3v) is 21.7. The van der Waals surface area contributed by atoms with E-state index in [4.69, 9.17) is 37.9 Å². The van der Waals surface area contributed by atoms with Crippen LogP contribution in [0.4, 0.5) is 0 Å². The van der Waals surface area contributed by atoms with E-state index < -0.39 is 199 Å². The van der Waals surface area contributed by atoms with Gasteiger partial charge in [-0.15, -0.1) is 0 Å². The van der Waals surface area contributed by atoms with Crippen LogP contribution in [0.2, 0.25) is 0 Å². The lowest BCUT2D eigenvalue weighted by atomic mass is 9.33. The van der Waals surface area contributed by atoms with E-state index in [1.54, 1.807) is 39.8 Å². The summed E-state index contributed by atoms with van der Waals surface area (Å²) in [7, 11) is 0. The highest BCUT2D eigenvalue weighted by Gasteiger charge is 2.74. The van der Waals surface area contributed by atoms with Crippen LogP contribution < -0.4 is 0 Å². The molecule has 82 heavy (non-hydrogen) atoms. The second-order valence-electron chi connectivity index (χ2n) is 26.3. The molecule has 0 amide bonds. The van der Waals surface area contributed by atoms with Gasteiger partial charge in [0.25, 0.3) is 0 Å². The monoisotopic (exact) mass is 1170 g/mol. The minimum Gasteiger partial charge on any atom is -0.479 e. The van der Waals surface area contributed by atoms with Gasteiger partial charge in [-0.2, -0.15) is 0 Å². The van der Waals surface area contributed by atoms with Crippen molar-refractivity contribution in [3.8, 4) is 0 Å². The van der Waals surface area contributed by atoms with Gasteiger partial charge in [-0.1, -0.05) is 65.3 Å². The van der Waals surface area contributed by atoms with Crippen molar-refractivity contribution in [3.05, 3.63) is 34.9 Å². The Morgan fingerprint density at radius 3 is 1.66 bits per heavy atom. The SMILES string of the molecule is CC=C(C)C(=O)O[C@H]1[C@H](OC(=O)/C(C)=C/C)C(C)(C)C[C@H]2C3=CC[C@@H]4[C@@]5(C)CC[C@H](O[C@@H]6O[C@H](C(=O)O)[C@@H](O[C@@H]7O[C@H](CO)[C@@H](O)[C@H](O)[C@H]7O)[C@H](O)[C@H]6O[C@@H]6O[C@H](CO)[C@@H](O)[C@H](O)[C@H]6O)[C@](C)(CO)[C@@H]5CC[C@@]4(C)[C@]3(C)C[C@@H](O)[C@]21CO. The Hall–Kier alpha value is -3.09. The van der Waals surface area contributed by atoms with Crippen molar-refractivity contribution >= 4 is 17.9 Å². The van der Waals surface area contributed by atoms with Crippen molar-refractivity contribution in [1.29, 1.82) is 0 Å². The largest absolute Gasteiger partial charge is 0.479 e. The summed E-state index contributed by atoms with van der Waals surface area (Å²) in [6, 6.07) is 0. The first-order chi connectivity index (χ1) is 38.4. The Balaban J connectivity index is 1.12. The van der Waals surface area contributed by atoms with E-state index in [1.165, 1.54) is 0 Å². The Morgan fingerprint density at radius 1 is 0.622 bits per heavy atom. The number of aliphatic hydroxyl groups is 12. The number of carboxylic acid groups (broad SMARTS) is 1. The summed E-state index contributed by atoms with van der Waals surface area (Å²) >= 11 is 0. The molecule has 0 aromatic carbocycles. The van der Waals surface area contributed by atoms with Gasteiger partial charge in [0.1, 0.15) is 73.2 Å². The molecule has 8 aliphatic rings. The number of carboxylic acids is 1. The van der Waals surface area contributed by atoms with Gasteiger partial charge < -0.3 is 104 Å².